The van der Waals surface area contributed by atoms with Crippen LogP contribution in [-0.2, 0) is 17.9 Å². The third kappa shape index (κ3) is 4.64. The molecule has 2 aromatic heterocycles. The fourth-order valence-electron chi connectivity index (χ4n) is 3.82. The Bertz CT molecular complexity index is 1320. The molecule has 1 N–H and O–H groups in total. The summed E-state index contributed by atoms with van der Waals surface area (Å²) in [5, 5.41) is 9.70. The van der Waals surface area contributed by atoms with E-state index in [2.05, 4.69) is 10.4 Å². The first-order valence-corrected chi connectivity index (χ1v) is 11.7. The van der Waals surface area contributed by atoms with Gasteiger partial charge in [0.05, 0.1) is 15.3 Å². The molecule has 6 nitrogen and oxygen atoms in total. The number of carbonyl (C=O) groups is 1. The van der Waals surface area contributed by atoms with Gasteiger partial charge in [-0.05, 0) is 41.3 Å². The molecule has 0 saturated heterocycles. The lowest BCUT2D eigenvalue weighted by Crippen LogP contribution is -2.35. The minimum atomic E-state index is -0.300. The molecule has 0 aliphatic carbocycles. The molecule has 0 spiro atoms. The van der Waals surface area contributed by atoms with E-state index in [0.29, 0.717) is 16.7 Å². The van der Waals surface area contributed by atoms with Gasteiger partial charge in [-0.2, -0.15) is 0 Å². The SMILES string of the molecule is CC(C)Cn1c(-c2ccc(Cl)s2)nn(CC(=O)N[C@@H](C)c2cccc3ccccc23)c1=O. The lowest BCUT2D eigenvalue weighted by molar-refractivity contribution is -0.122. The molecule has 0 aliphatic heterocycles. The van der Waals surface area contributed by atoms with E-state index in [4.69, 9.17) is 11.6 Å². The lowest BCUT2D eigenvalue weighted by Gasteiger charge is -2.16. The summed E-state index contributed by atoms with van der Waals surface area (Å²) in [4.78, 5) is 26.7. The number of rotatable bonds is 7. The Morgan fingerprint density at radius 2 is 1.84 bits per heavy atom. The van der Waals surface area contributed by atoms with Crippen molar-refractivity contribution in [3.63, 3.8) is 0 Å². The smallest absolute Gasteiger partial charge is 0.346 e. The number of carbonyl (C=O) groups excluding carboxylic acids is 1. The quantitative estimate of drug-likeness (QED) is 0.409. The summed E-state index contributed by atoms with van der Waals surface area (Å²) < 4.78 is 3.48. The van der Waals surface area contributed by atoms with E-state index in [-0.39, 0.29) is 30.1 Å². The van der Waals surface area contributed by atoms with Gasteiger partial charge in [-0.1, -0.05) is 67.9 Å². The molecule has 4 aromatic rings. The van der Waals surface area contributed by atoms with Crippen LogP contribution in [0, 0.1) is 5.92 Å². The molecule has 0 unspecified atom stereocenters. The van der Waals surface area contributed by atoms with Crippen molar-refractivity contribution in [1.82, 2.24) is 19.7 Å². The number of hydrogen-bond acceptors (Lipinski definition) is 4. The Morgan fingerprint density at radius 1 is 1.09 bits per heavy atom. The topological polar surface area (TPSA) is 68.9 Å². The average molecular weight is 469 g/mol. The molecule has 32 heavy (non-hydrogen) atoms. The van der Waals surface area contributed by atoms with Crippen LogP contribution in [0.1, 0.15) is 32.4 Å². The van der Waals surface area contributed by atoms with Crippen LogP contribution < -0.4 is 11.0 Å². The molecule has 1 amide bonds. The van der Waals surface area contributed by atoms with Gasteiger partial charge in [0, 0.05) is 6.54 Å². The predicted octanol–water partition coefficient (Wildman–Crippen LogP) is 5.11. The van der Waals surface area contributed by atoms with E-state index in [1.165, 1.54) is 16.0 Å². The second-order valence-electron chi connectivity index (χ2n) is 8.23. The molecule has 0 fully saturated rings. The van der Waals surface area contributed by atoms with E-state index < -0.39 is 0 Å². The molecule has 4 rings (SSSR count). The van der Waals surface area contributed by atoms with Gasteiger partial charge in [0.25, 0.3) is 0 Å². The van der Waals surface area contributed by atoms with E-state index in [1.54, 1.807) is 10.6 Å². The third-order valence-corrected chi connectivity index (χ3v) is 6.45. The van der Waals surface area contributed by atoms with Crippen LogP contribution in [0.25, 0.3) is 21.5 Å². The Kier molecular flexibility index (Phi) is 6.48. The summed E-state index contributed by atoms with van der Waals surface area (Å²) in [5.41, 5.74) is 0.731. The minimum absolute atomic E-state index is 0.148. The largest absolute Gasteiger partial charge is 0.348 e. The summed E-state index contributed by atoms with van der Waals surface area (Å²) in [6, 6.07) is 17.5. The number of halogens is 1. The van der Waals surface area contributed by atoms with Crippen LogP contribution in [0.4, 0.5) is 0 Å². The van der Waals surface area contributed by atoms with Crippen LogP contribution in [0.15, 0.2) is 59.4 Å². The fourth-order valence-corrected chi connectivity index (χ4v) is 4.86. The highest BCUT2D eigenvalue weighted by Crippen LogP contribution is 2.29. The van der Waals surface area contributed by atoms with Crippen LogP contribution in [0.5, 0.6) is 0 Å². The van der Waals surface area contributed by atoms with Crippen molar-refractivity contribution >= 4 is 39.6 Å². The van der Waals surface area contributed by atoms with Gasteiger partial charge in [0.2, 0.25) is 5.91 Å². The van der Waals surface area contributed by atoms with Crippen molar-refractivity contribution in [1.29, 1.82) is 0 Å². The highest BCUT2D eigenvalue weighted by atomic mass is 35.5. The summed E-state index contributed by atoms with van der Waals surface area (Å²) in [7, 11) is 0. The summed E-state index contributed by atoms with van der Waals surface area (Å²) >= 11 is 7.45. The maximum atomic E-state index is 13.0. The van der Waals surface area contributed by atoms with Gasteiger partial charge in [0.15, 0.2) is 5.82 Å². The van der Waals surface area contributed by atoms with E-state index in [9.17, 15) is 9.59 Å². The number of nitrogens with one attached hydrogen (secondary N) is 1. The van der Waals surface area contributed by atoms with Gasteiger partial charge in [-0.25, -0.2) is 9.48 Å². The summed E-state index contributed by atoms with van der Waals surface area (Å²) in [6.07, 6.45) is 0. The molecule has 0 aliphatic rings. The summed E-state index contributed by atoms with van der Waals surface area (Å²) in [6.45, 7) is 6.38. The molecule has 2 aromatic carbocycles. The zero-order valence-electron chi connectivity index (χ0n) is 18.2. The number of aromatic nitrogens is 3. The number of thiophene rings is 1. The number of amides is 1. The maximum absolute atomic E-state index is 13.0. The first kappa shape index (κ1) is 22.3. The number of hydrogen-bond donors (Lipinski definition) is 1. The number of benzene rings is 2. The van der Waals surface area contributed by atoms with Crippen molar-refractivity contribution in [2.45, 2.75) is 39.9 Å². The number of nitrogens with zero attached hydrogens (tertiary/aromatic N) is 3. The van der Waals surface area contributed by atoms with Crippen LogP contribution in [-0.4, -0.2) is 20.3 Å². The highest BCUT2D eigenvalue weighted by molar-refractivity contribution is 7.19. The van der Waals surface area contributed by atoms with E-state index in [0.717, 1.165) is 21.2 Å². The van der Waals surface area contributed by atoms with Crippen molar-refractivity contribution < 1.29 is 4.79 Å². The molecule has 166 valence electrons. The third-order valence-electron chi connectivity index (χ3n) is 5.22. The van der Waals surface area contributed by atoms with Crippen molar-refractivity contribution in [3.8, 4) is 10.7 Å². The van der Waals surface area contributed by atoms with E-state index in [1.807, 2.05) is 69.3 Å². The standard InChI is InChI=1S/C24H25ClN4O2S/c1-15(2)13-28-23(20-11-12-21(25)32-20)27-29(24(28)31)14-22(30)26-16(3)18-10-6-8-17-7-4-5-9-19(17)18/h4-12,15-16H,13-14H2,1-3H3,(H,26,30)/t16-/m0/s1. The maximum Gasteiger partial charge on any atom is 0.346 e. The van der Waals surface area contributed by atoms with Gasteiger partial charge in [-0.3, -0.25) is 9.36 Å². The molecule has 2 heterocycles. The second kappa shape index (κ2) is 9.30. The average Bonchev–Trinajstić information content (AvgIpc) is 3.31. The van der Waals surface area contributed by atoms with Gasteiger partial charge in [-0.15, -0.1) is 16.4 Å². The lowest BCUT2D eigenvalue weighted by atomic mass is 10.00. The monoisotopic (exact) mass is 468 g/mol. The first-order chi connectivity index (χ1) is 15.3. The first-order valence-electron chi connectivity index (χ1n) is 10.5. The van der Waals surface area contributed by atoms with Crippen molar-refractivity contribution in [2.75, 3.05) is 0 Å². The zero-order valence-corrected chi connectivity index (χ0v) is 19.8. The van der Waals surface area contributed by atoms with Crippen molar-refractivity contribution in [2.24, 2.45) is 5.92 Å². The minimum Gasteiger partial charge on any atom is -0.348 e. The van der Waals surface area contributed by atoms with Crippen LogP contribution in [0.2, 0.25) is 4.34 Å². The van der Waals surface area contributed by atoms with Gasteiger partial charge >= 0.3 is 5.69 Å². The van der Waals surface area contributed by atoms with Crippen molar-refractivity contribution in [3.05, 3.63) is 75.0 Å². The molecule has 0 saturated carbocycles. The molecular weight excluding hydrogens is 444 g/mol. The molecular formula is C24H25ClN4O2S. The zero-order chi connectivity index (χ0) is 22.8. The Morgan fingerprint density at radius 3 is 2.56 bits per heavy atom. The second-order valence-corrected chi connectivity index (χ2v) is 9.94. The van der Waals surface area contributed by atoms with Gasteiger partial charge in [0.1, 0.15) is 6.54 Å². The fraction of sp³-hybridized carbons (Fsp3) is 0.292. The molecule has 8 heteroatoms. The molecule has 0 bridgehead atoms. The Hall–Kier alpha value is -2.90. The van der Waals surface area contributed by atoms with Crippen LogP contribution >= 0.6 is 22.9 Å². The Balaban J connectivity index is 1.57. The highest BCUT2D eigenvalue weighted by Gasteiger charge is 2.20. The Labute approximate surface area is 195 Å². The van der Waals surface area contributed by atoms with Gasteiger partial charge < -0.3 is 5.32 Å². The predicted molar refractivity (Wildman–Crippen MR) is 130 cm³/mol. The van der Waals surface area contributed by atoms with E-state index >= 15 is 0 Å². The molecule has 1 atom stereocenters. The van der Waals surface area contributed by atoms with Crippen LogP contribution in [0.3, 0.4) is 0 Å². The number of fused-ring (bicyclic) bond motifs is 1. The normalized spacial score (nSPS) is 12.4. The molecule has 0 radical (unpaired) electrons. The summed E-state index contributed by atoms with van der Waals surface area (Å²) in [5.74, 6) is 0.521.